The molecule has 4 rings (SSSR count). The van der Waals surface area contributed by atoms with Gasteiger partial charge in [0.05, 0.1) is 24.3 Å². The molecule has 0 atom stereocenters. The van der Waals surface area contributed by atoms with Gasteiger partial charge >= 0.3 is 0 Å². The molecule has 2 heterocycles. The first-order valence-corrected chi connectivity index (χ1v) is 10.2. The first kappa shape index (κ1) is 19.6. The molecule has 0 bridgehead atoms. The van der Waals surface area contributed by atoms with E-state index in [1.807, 2.05) is 15.6 Å². The molecule has 154 valence electrons. The molecule has 0 unspecified atom stereocenters. The van der Waals surface area contributed by atoms with Gasteiger partial charge in [-0.15, -0.1) is 0 Å². The molecule has 2 aliphatic rings. The van der Waals surface area contributed by atoms with Crippen LogP contribution in [0, 0.1) is 5.82 Å². The molecule has 2 amide bonds. The van der Waals surface area contributed by atoms with Crippen molar-refractivity contribution in [2.24, 2.45) is 0 Å². The molecule has 2 aromatic rings. The molecular formula is C21H26FN5O2. The fourth-order valence-electron chi connectivity index (χ4n) is 4.15. The number of hydrogen-bond acceptors (Lipinski definition) is 4. The minimum atomic E-state index is -0.502. The van der Waals surface area contributed by atoms with E-state index in [9.17, 15) is 14.0 Å². The molecule has 1 saturated carbocycles. The summed E-state index contributed by atoms with van der Waals surface area (Å²) in [5, 5.41) is 7.35. The number of amides is 2. The number of benzene rings is 1. The Bertz CT molecular complexity index is 869. The number of hydrogen-bond donors (Lipinski definition) is 1. The van der Waals surface area contributed by atoms with Gasteiger partial charge in [0, 0.05) is 32.2 Å². The van der Waals surface area contributed by atoms with Gasteiger partial charge in [-0.05, 0) is 25.0 Å². The van der Waals surface area contributed by atoms with Gasteiger partial charge < -0.3 is 10.2 Å². The smallest absolute Gasteiger partial charge is 0.256 e. The van der Waals surface area contributed by atoms with Crippen molar-refractivity contribution < 1.29 is 14.0 Å². The molecule has 1 aromatic carbocycles. The third-order valence-corrected chi connectivity index (χ3v) is 5.74. The van der Waals surface area contributed by atoms with E-state index in [1.54, 1.807) is 23.2 Å². The fourth-order valence-corrected chi connectivity index (χ4v) is 4.15. The zero-order valence-corrected chi connectivity index (χ0v) is 16.4. The number of nitrogens with one attached hydrogen (secondary N) is 1. The maximum Gasteiger partial charge on any atom is 0.256 e. The van der Waals surface area contributed by atoms with Crippen LogP contribution in [0.4, 0.5) is 10.2 Å². The Labute approximate surface area is 169 Å². The van der Waals surface area contributed by atoms with E-state index in [1.165, 1.54) is 25.0 Å². The normalized spacial score (nSPS) is 18.2. The molecule has 1 N–H and O–H groups in total. The lowest BCUT2D eigenvalue weighted by Crippen LogP contribution is -2.50. The number of carbonyl (C=O) groups is 2. The predicted molar refractivity (Wildman–Crippen MR) is 107 cm³/mol. The second kappa shape index (κ2) is 8.73. The number of halogens is 1. The number of rotatable bonds is 5. The van der Waals surface area contributed by atoms with E-state index >= 15 is 0 Å². The van der Waals surface area contributed by atoms with Gasteiger partial charge in [-0.3, -0.25) is 14.5 Å². The summed E-state index contributed by atoms with van der Waals surface area (Å²) in [6.45, 7) is 2.36. The van der Waals surface area contributed by atoms with Crippen molar-refractivity contribution in [2.45, 2.75) is 31.7 Å². The van der Waals surface area contributed by atoms with Crippen molar-refractivity contribution in [3.63, 3.8) is 0 Å². The van der Waals surface area contributed by atoms with Crippen molar-refractivity contribution in [2.75, 3.05) is 38.0 Å². The zero-order chi connectivity index (χ0) is 20.2. The highest BCUT2D eigenvalue weighted by atomic mass is 19.1. The van der Waals surface area contributed by atoms with Crippen molar-refractivity contribution in [3.8, 4) is 0 Å². The van der Waals surface area contributed by atoms with Gasteiger partial charge in [0.15, 0.2) is 0 Å². The maximum absolute atomic E-state index is 13.9. The molecule has 7 nitrogen and oxygen atoms in total. The van der Waals surface area contributed by atoms with Crippen molar-refractivity contribution >= 4 is 17.6 Å². The Morgan fingerprint density at radius 3 is 2.52 bits per heavy atom. The number of aromatic nitrogens is 2. The van der Waals surface area contributed by atoms with E-state index in [-0.39, 0.29) is 23.9 Å². The van der Waals surface area contributed by atoms with Crippen LogP contribution in [-0.4, -0.2) is 64.1 Å². The number of nitrogens with zero attached hydrogens (tertiary/aromatic N) is 4. The Hall–Kier alpha value is -2.74. The predicted octanol–water partition coefficient (Wildman–Crippen LogP) is 2.53. The summed E-state index contributed by atoms with van der Waals surface area (Å²) < 4.78 is 15.8. The molecular weight excluding hydrogens is 373 g/mol. The highest BCUT2D eigenvalue weighted by molar-refractivity contribution is 5.94. The largest absolute Gasteiger partial charge is 0.336 e. The summed E-state index contributed by atoms with van der Waals surface area (Å²) in [4.78, 5) is 28.7. The lowest BCUT2D eigenvalue weighted by molar-refractivity contribution is -0.117. The quantitative estimate of drug-likeness (QED) is 0.839. The fraction of sp³-hybridized carbons (Fsp3) is 0.476. The van der Waals surface area contributed by atoms with Crippen molar-refractivity contribution in [3.05, 3.63) is 47.9 Å². The van der Waals surface area contributed by atoms with Crippen LogP contribution in [0.5, 0.6) is 0 Å². The number of carbonyl (C=O) groups excluding carboxylic acids is 2. The monoisotopic (exact) mass is 399 g/mol. The molecule has 0 spiro atoms. The SMILES string of the molecule is O=C(CN1CCN(C(=O)c2ccccc2F)CC1)Nc1ccnn1C1CCCC1. The minimum absolute atomic E-state index is 0.0846. The van der Waals surface area contributed by atoms with Crippen LogP contribution in [0.25, 0.3) is 0 Å². The van der Waals surface area contributed by atoms with Gasteiger partial charge in [0.2, 0.25) is 5.91 Å². The summed E-state index contributed by atoms with van der Waals surface area (Å²) in [6.07, 6.45) is 6.33. The summed E-state index contributed by atoms with van der Waals surface area (Å²) >= 11 is 0. The van der Waals surface area contributed by atoms with E-state index in [2.05, 4.69) is 10.4 Å². The first-order valence-electron chi connectivity index (χ1n) is 10.2. The van der Waals surface area contributed by atoms with Crippen LogP contribution in [0.1, 0.15) is 42.1 Å². The summed E-state index contributed by atoms with van der Waals surface area (Å²) in [5.41, 5.74) is 0.0962. The molecule has 1 saturated heterocycles. The van der Waals surface area contributed by atoms with Crippen molar-refractivity contribution in [1.29, 1.82) is 0 Å². The first-order chi connectivity index (χ1) is 14.1. The van der Waals surface area contributed by atoms with Crippen LogP contribution < -0.4 is 5.32 Å². The van der Waals surface area contributed by atoms with Crippen molar-refractivity contribution in [1.82, 2.24) is 19.6 Å². The molecule has 1 aliphatic carbocycles. The van der Waals surface area contributed by atoms with Crippen LogP contribution in [0.15, 0.2) is 36.5 Å². The molecule has 2 fully saturated rings. The topological polar surface area (TPSA) is 70.5 Å². The second-order valence-corrected chi connectivity index (χ2v) is 7.70. The standard InChI is InChI=1S/C21H26FN5O2/c22-18-8-4-3-7-17(18)21(29)26-13-11-25(12-14-26)15-20(28)24-19-9-10-23-27(19)16-5-1-2-6-16/h3-4,7-10,16H,1-2,5-6,11-15H2,(H,24,28). The molecule has 29 heavy (non-hydrogen) atoms. The third kappa shape index (κ3) is 4.48. The molecule has 8 heteroatoms. The number of piperazine rings is 1. The van der Waals surface area contributed by atoms with Gasteiger partial charge in [-0.1, -0.05) is 25.0 Å². The summed E-state index contributed by atoms with van der Waals surface area (Å²) in [7, 11) is 0. The summed E-state index contributed by atoms with van der Waals surface area (Å²) in [5.74, 6) is -0.139. The third-order valence-electron chi connectivity index (χ3n) is 5.74. The molecule has 0 radical (unpaired) electrons. The van der Waals surface area contributed by atoms with Crippen LogP contribution >= 0.6 is 0 Å². The van der Waals surface area contributed by atoms with Gasteiger partial charge in [-0.2, -0.15) is 5.10 Å². The van der Waals surface area contributed by atoms with Gasteiger partial charge in [-0.25, -0.2) is 9.07 Å². The van der Waals surface area contributed by atoms with E-state index in [0.29, 0.717) is 32.2 Å². The van der Waals surface area contributed by atoms with Crippen LogP contribution in [-0.2, 0) is 4.79 Å². The van der Waals surface area contributed by atoms with E-state index in [4.69, 9.17) is 0 Å². The Morgan fingerprint density at radius 2 is 1.79 bits per heavy atom. The van der Waals surface area contributed by atoms with Crippen LogP contribution in [0.3, 0.4) is 0 Å². The Morgan fingerprint density at radius 1 is 1.07 bits per heavy atom. The average Bonchev–Trinajstić information content (AvgIpc) is 3.40. The number of anilines is 1. The van der Waals surface area contributed by atoms with Crippen LogP contribution in [0.2, 0.25) is 0 Å². The lowest BCUT2D eigenvalue weighted by Gasteiger charge is -2.34. The maximum atomic E-state index is 13.9. The van der Waals surface area contributed by atoms with E-state index < -0.39 is 5.82 Å². The molecule has 1 aliphatic heterocycles. The van der Waals surface area contributed by atoms with Gasteiger partial charge in [0.25, 0.3) is 5.91 Å². The average molecular weight is 399 g/mol. The Balaban J connectivity index is 1.28. The highest BCUT2D eigenvalue weighted by Gasteiger charge is 2.25. The Kier molecular flexibility index (Phi) is 5.89. The second-order valence-electron chi connectivity index (χ2n) is 7.70. The summed E-state index contributed by atoms with van der Waals surface area (Å²) in [6, 6.07) is 8.23. The zero-order valence-electron chi connectivity index (χ0n) is 16.4. The van der Waals surface area contributed by atoms with E-state index in [0.717, 1.165) is 18.7 Å². The highest BCUT2D eigenvalue weighted by Crippen LogP contribution is 2.31. The molecule has 1 aromatic heterocycles. The minimum Gasteiger partial charge on any atom is -0.336 e. The van der Waals surface area contributed by atoms with Gasteiger partial charge in [0.1, 0.15) is 11.6 Å². The lowest BCUT2D eigenvalue weighted by atomic mass is 10.1.